The maximum atomic E-state index is 12.4. The van der Waals surface area contributed by atoms with E-state index in [1.165, 1.54) is 14.2 Å². The monoisotopic (exact) mass is 289 g/mol. The molecule has 1 heterocycles. The second-order valence-electron chi connectivity index (χ2n) is 4.67. The Balaban J connectivity index is 2.44. The van der Waals surface area contributed by atoms with Crippen LogP contribution in [0, 0.1) is 11.3 Å². The van der Waals surface area contributed by atoms with Gasteiger partial charge in [0, 0.05) is 0 Å². The van der Waals surface area contributed by atoms with Gasteiger partial charge in [0.2, 0.25) is 0 Å². The summed E-state index contributed by atoms with van der Waals surface area (Å²) in [7, 11) is 3.00. The first-order valence-corrected chi connectivity index (χ1v) is 6.21. The van der Waals surface area contributed by atoms with E-state index >= 15 is 0 Å². The van der Waals surface area contributed by atoms with Crippen molar-refractivity contribution in [3.8, 4) is 17.6 Å². The fourth-order valence-electron chi connectivity index (χ4n) is 2.25. The number of methoxy groups -OCH3 is 2. The average molecular weight is 289 g/mol. The number of ether oxygens (including phenoxy) is 2. The van der Waals surface area contributed by atoms with Gasteiger partial charge in [-0.05, 0) is 24.6 Å². The molecule has 0 spiro atoms. The highest BCUT2D eigenvalue weighted by molar-refractivity contribution is 6.07. The molecule has 110 valence electrons. The van der Waals surface area contributed by atoms with Gasteiger partial charge in [0.1, 0.15) is 12.1 Å². The van der Waals surface area contributed by atoms with Crippen LogP contribution in [0.1, 0.15) is 12.5 Å². The number of amides is 3. The van der Waals surface area contributed by atoms with E-state index in [-0.39, 0.29) is 6.54 Å². The van der Waals surface area contributed by atoms with Crippen molar-refractivity contribution in [2.24, 2.45) is 0 Å². The lowest BCUT2D eigenvalue weighted by Gasteiger charge is -2.23. The number of benzene rings is 1. The van der Waals surface area contributed by atoms with Gasteiger partial charge in [0.05, 0.1) is 20.3 Å². The number of hydrogen-bond acceptors (Lipinski definition) is 5. The Morgan fingerprint density at radius 2 is 1.95 bits per heavy atom. The molecule has 1 aliphatic rings. The number of nitriles is 1. The molecule has 1 aromatic carbocycles. The minimum atomic E-state index is -1.23. The van der Waals surface area contributed by atoms with Crippen molar-refractivity contribution in [1.29, 1.82) is 5.26 Å². The normalized spacial score (nSPS) is 21.0. The van der Waals surface area contributed by atoms with Gasteiger partial charge in [-0.25, -0.2) is 9.69 Å². The quantitative estimate of drug-likeness (QED) is 0.659. The first-order valence-electron chi connectivity index (χ1n) is 6.21. The number of imide groups is 1. The molecule has 1 unspecified atom stereocenters. The predicted octanol–water partition coefficient (Wildman–Crippen LogP) is 0.994. The molecule has 0 bridgehead atoms. The van der Waals surface area contributed by atoms with Crippen molar-refractivity contribution in [3.05, 3.63) is 23.8 Å². The van der Waals surface area contributed by atoms with E-state index in [1.807, 2.05) is 0 Å². The molecule has 0 saturated carbocycles. The predicted molar refractivity (Wildman–Crippen MR) is 72.8 cm³/mol. The Bertz CT molecular complexity index is 638. The number of carbonyl (C=O) groups is 2. The Morgan fingerprint density at radius 1 is 1.29 bits per heavy atom. The number of nitrogens with one attached hydrogen (secondary N) is 1. The standard InChI is InChI=1S/C14H15N3O4/c1-14(12(18)17(7-6-15)13(19)16-14)9-4-5-10(20-2)11(8-9)21-3/h4-5,8H,7H2,1-3H3,(H,16,19). The van der Waals surface area contributed by atoms with Crippen LogP contribution in [-0.2, 0) is 10.3 Å². The van der Waals surface area contributed by atoms with Crippen LogP contribution in [0.15, 0.2) is 18.2 Å². The van der Waals surface area contributed by atoms with Crippen molar-refractivity contribution >= 4 is 11.9 Å². The molecular formula is C14H15N3O4. The summed E-state index contributed by atoms with van der Waals surface area (Å²) in [6.07, 6.45) is 0. The Labute approximate surface area is 122 Å². The summed E-state index contributed by atoms with van der Waals surface area (Å²) in [6.45, 7) is 1.30. The fraction of sp³-hybridized carbons (Fsp3) is 0.357. The molecule has 2 rings (SSSR count). The molecule has 0 aliphatic carbocycles. The summed E-state index contributed by atoms with van der Waals surface area (Å²) in [5.41, 5.74) is -0.674. The van der Waals surface area contributed by atoms with E-state index in [1.54, 1.807) is 31.2 Å². The van der Waals surface area contributed by atoms with Gasteiger partial charge in [0.15, 0.2) is 11.5 Å². The van der Waals surface area contributed by atoms with Crippen LogP contribution in [0.5, 0.6) is 11.5 Å². The molecule has 3 amide bonds. The third-order valence-electron chi connectivity index (χ3n) is 3.46. The molecule has 7 heteroatoms. The number of urea groups is 1. The summed E-state index contributed by atoms with van der Waals surface area (Å²) < 4.78 is 10.3. The largest absolute Gasteiger partial charge is 0.493 e. The van der Waals surface area contributed by atoms with Crippen molar-refractivity contribution in [3.63, 3.8) is 0 Å². The molecule has 21 heavy (non-hydrogen) atoms. The maximum absolute atomic E-state index is 12.4. The van der Waals surface area contributed by atoms with Gasteiger partial charge in [0.25, 0.3) is 5.91 Å². The molecule has 1 aromatic rings. The molecule has 1 N–H and O–H groups in total. The van der Waals surface area contributed by atoms with Gasteiger partial charge >= 0.3 is 6.03 Å². The van der Waals surface area contributed by atoms with E-state index < -0.39 is 17.5 Å². The second kappa shape index (κ2) is 5.32. The van der Waals surface area contributed by atoms with Crippen LogP contribution in [0.4, 0.5) is 4.79 Å². The van der Waals surface area contributed by atoms with Crippen molar-refractivity contribution < 1.29 is 19.1 Å². The smallest absolute Gasteiger partial charge is 0.326 e. The van der Waals surface area contributed by atoms with E-state index in [2.05, 4.69) is 5.32 Å². The third kappa shape index (κ3) is 2.25. The second-order valence-corrected chi connectivity index (χ2v) is 4.67. The molecule has 1 atom stereocenters. The van der Waals surface area contributed by atoms with Crippen LogP contribution in [-0.4, -0.2) is 37.6 Å². The zero-order valence-corrected chi connectivity index (χ0v) is 12.0. The first-order chi connectivity index (χ1) is 9.97. The molecule has 0 aromatic heterocycles. The highest BCUT2D eigenvalue weighted by Gasteiger charge is 2.49. The molecule has 1 saturated heterocycles. The van der Waals surface area contributed by atoms with Gasteiger partial charge in [-0.1, -0.05) is 6.07 Å². The highest BCUT2D eigenvalue weighted by atomic mass is 16.5. The summed E-state index contributed by atoms with van der Waals surface area (Å²) in [6, 6.07) is 6.18. The Kier molecular flexibility index (Phi) is 3.72. The molecule has 0 radical (unpaired) electrons. The summed E-state index contributed by atoms with van der Waals surface area (Å²) in [5, 5.41) is 11.3. The van der Waals surface area contributed by atoms with Crippen LogP contribution >= 0.6 is 0 Å². The lowest BCUT2D eigenvalue weighted by molar-refractivity contribution is -0.130. The maximum Gasteiger partial charge on any atom is 0.326 e. The van der Waals surface area contributed by atoms with Gasteiger partial charge in [-0.3, -0.25) is 4.79 Å². The van der Waals surface area contributed by atoms with E-state index in [0.29, 0.717) is 17.1 Å². The fourth-order valence-corrected chi connectivity index (χ4v) is 2.25. The molecule has 7 nitrogen and oxygen atoms in total. The highest BCUT2D eigenvalue weighted by Crippen LogP contribution is 2.35. The van der Waals surface area contributed by atoms with Crippen LogP contribution < -0.4 is 14.8 Å². The molecule has 1 fully saturated rings. The Hall–Kier alpha value is -2.75. The average Bonchev–Trinajstić information content (AvgIpc) is 2.71. The summed E-state index contributed by atoms with van der Waals surface area (Å²) in [5.74, 6) is 0.508. The zero-order valence-electron chi connectivity index (χ0n) is 12.0. The van der Waals surface area contributed by atoms with Gasteiger partial charge in [-0.15, -0.1) is 0 Å². The van der Waals surface area contributed by atoms with Crippen molar-refractivity contribution in [2.75, 3.05) is 20.8 Å². The lowest BCUT2D eigenvalue weighted by atomic mass is 9.91. The molecule has 1 aliphatic heterocycles. The number of carbonyl (C=O) groups excluding carboxylic acids is 2. The van der Waals surface area contributed by atoms with Crippen molar-refractivity contribution in [1.82, 2.24) is 10.2 Å². The first kappa shape index (κ1) is 14.7. The molecular weight excluding hydrogens is 274 g/mol. The number of rotatable bonds is 4. The SMILES string of the molecule is COc1ccc(C2(C)NC(=O)N(CC#N)C2=O)cc1OC. The van der Waals surface area contributed by atoms with E-state index in [0.717, 1.165) is 4.90 Å². The van der Waals surface area contributed by atoms with Crippen molar-refractivity contribution in [2.45, 2.75) is 12.5 Å². The topological polar surface area (TPSA) is 91.7 Å². The van der Waals surface area contributed by atoms with E-state index in [9.17, 15) is 9.59 Å². The lowest BCUT2D eigenvalue weighted by Crippen LogP contribution is -2.40. The summed E-state index contributed by atoms with van der Waals surface area (Å²) >= 11 is 0. The Morgan fingerprint density at radius 3 is 2.52 bits per heavy atom. The van der Waals surface area contributed by atoms with Crippen LogP contribution in [0.2, 0.25) is 0 Å². The minimum absolute atomic E-state index is 0.284. The van der Waals surface area contributed by atoms with Crippen LogP contribution in [0.25, 0.3) is 0 Å². The van der Waals surface area contributed by atoms with Gasteiger partial charge < -0.3 is 14.8 Å². The van der Waals surface area contributed by atoms with Gasteiger partial charge in [-0.2, -0.15) is 5.26 Å². The zero-order chi connectivity index (χ0) is 15.6. The number of nitrogens with zero attached hydrogens (tertiary/aromatic N) is 2. The minimum Gasteiger partial charge on any atom is -0.493 e. The third-order valence-corrected chi connectivity index (χ3v) is 3.46. The van der Waals surface area contributed by atoms with E-state index in [4.69, 9.17) is 14.7 Å². The number of hydrogen-bond donors (Lipinski definition) is 1. The van der Waals surface area contributed by atoms with Crippen LogP contribution in [0.3, 0.4) is 0 Å². The summed E-state index contributed by atoms with van der Waals surface area (Å²) in [4.78, 5) is 25.1.